The molecule has 0 heterocycles. The zero-order valence-electron chi connectivity index (χ0n) is 38.6. The highest BCUT2D eigenvalue weighted by Gasteiger charge is 2.27. The summed E-state index contributed by atoms with van der Waals surface area (Å²) >= 11 is 0. The lowest BCUT2D eigenvalue weighted by Gasteiger charge is -2.20. The molecule has 0 aromatic heterocycles. The zero-order valence-corrected chi connectivity index (χ0v) is 39.5. The molecule has 0 amide bonds. The maximum Gasteiger partial charge on any atom is 0.472 e. The van der Waals surface area contributed by atoms with Crippen LogP contribution in [-0.2, 0) is 32.7 Å². The lowest BCUT2D eigenvalue weighted by atomic mass is 10.1. The Hall–Kier alpha value is -1.81. The van der Waals surface area contributed by atoms with Gasteiger partial charge in [-0.2, -0.15) is 0 Å². The summed E-state index contributed by atoms with van der Waals surface area (Å²) in [6, 6.07) is -1.47. The van der Waals surface area contributed by atoms with Gasteiger partial charge in [0.1, 0.15) is 12.1 Å². The molecule has 0 aromatic carbocycles. The highest BCUT2D eigenvalue weighted by molar-refractivity contribution is 7.47. The molecular formula is C49H92NO9P. The Balaban J connectivity index is 4.17. The van der Waals surface area contributed by atoms with Crippen LogP contribution < -0.4 is 5.73 Å². The van der Waals surface area contributed by atoms with E-state index >= 15 is 0 Å². The third-order valence-corrected chi connectivity index (χ3v) is 11.6. The molecule has 0 rings (SSSR count). The molecule has 10 nitrogen and oxygen atoms in total. The molecule has 4 N–H and O–H groups in total. The molecule has 352 valence electrons. The van der Waals surface area contributed by atoms with Gasteiger partial charge in [-0.25, -0.2) is 4.57 Å². The summed E-state index contributed by atoms with van der Waals surface area (Å²) in [6.07, 6.45) is 51.9. The third kappa shape index (κ3) is 44.3. The highest BCUT2D eigenvalue weighted by Crippen LogP contribution is 2.43. The lowest BCUT2D eigenvalue weighted by molar-refractivity contribution is -0.154. The average molecular weight is 870 g/mol. The number of nitrogens with two attached hydrogens (primary N) is 1. The predicted molar refractivity (Wildman–Crippen MR) is 249 cm³/mol. The summed E-state index contributed by atoms with van der Waals surface area (Å²) in [6.45, 7) is 3.87. The van der Waals surface area contributed by atoms with Crippen molar-refractivity contribution in [3.05, 3.63) is 36.5 Å². The number of allylic oxidation sites excluding steroid dienone is 6. The van der Waals surface area contributed by atoms with Gasteiger partial charge in [-0.15, -0.1) is 0 Å². The number of rotatable bonds is 47. The Labute approximate surface area is 367 Å². The molecule has 0 aliphatic carbocycles. The molecule has 3 unspecified atom stereocenters. The number of ether oxygens (including phenoxy) is 2. The van der Waals surface area contributed by atoms with Gasteiger partial charge in [0.05, 0.1) is 19.8 Å². The number of unbranched alkanes of at least 4 members (excludes halogenated alkanes) is 27. The van der Waals surface area contributed by atoms with Crippen LogP contribution in [0.5, 0.6) is 0 Å². The summed E-state index contributed by atoms with van der Waals surface area (Å²) in [7, 11) is -4.62. The summed E-state index contributed by atoms with van der Waals surface area (Å²) in [5.41, 5.74) is 5.37. The molecule has 0 radical (unpaired) electrons. The number of phosphoric acid groups is 1. The van der Waals surface area contributed by atoms with E-state index in [0.29, 0.717) is 13.0 Å². The molecule has 11 heteroatoms. The van der Waals surface area contributed by atoms with Gasteiger partial charge in [-0.3, -0.25) is 18.6 Å². The van der Waals surface area contributed by atoms with Crippen LogP contribution in [0.15, 0.2) is 36.5 Å². The van der Waals surface area contributed by atoms with Crippen molar-refractivity contribution in [2.45, 2.75) is 238 Å². The van der Waals surface area contributed by atoms with E-state index in [2.05, 4.69) is 50.3 Å². The van der Waals surface area contributed by atoms with Crippen LogP contribution in [0.2, 0.25) is 0 Å². The van der Waals surface area contributed by atoms with Crippen LogP contribution in [0, 0.1) is 0 Å². The molecule has 0 bridgehead atoms. The van der Waals surface area contributed by atoms with Crippen LogP contribution in [0.1, 0.15) is 226 Å². The van der Waals surface area contributed by atoms with Crippen molar-refractivity contribution in [1.29, 1.82) is 0 Å². The summed E-state index contributed by atoms with van der Waals surface area (Å²) in [5, 5.41) is 8.92. The Bertz CT molecular complexity index is 1100. The maximum absolute atomic E-state index is 12.7. The normalized spacial score (nSPS) is 14.1. The second kappa shape index (κ2) is 45.2. The largest absolute Gasteiger partial charge is 0.480 e. The number of aliphatic carboxylic acids is 1. The molecule has 0 saturated carbocycles. The Kier molecular flexibility index (Phi) is 43.9. The minimum atomic E-state index is -4.62. The van der Waals surface area contributed by atoms with E-state index in [1.54, 1.807) is 0 Å². The minimum Gasteiger partial charge on any atom is -0.480 e. The fraction of sp³-hybridized carbons (Fsp3) is 0.837. The van der Waals surface area contributed by atoms with Crippen molar-refractivity contribution in [3.63, 3.8) is 0 Å². The first-order chi connectivity index (χ1) is 29.2. The smallest absolute Gasteiger partial charge is 0.472 e. The van der Waals surface area contributed by atoms with E-state index in [4.69, 9.17) is 29.4 Å². The molecule has 60 heavy (non-hydrogen) atoms. The first kappa shape index (κ1) is 58.2. The number of hydrogen-bond acceptors (Lipinski definition) is 8. The van der Waals surface area contributed by atoms with E-state index in [-0.39, 0.29) is 13.0 Å². The quantitative estimate of drug-likeness (QED) is 0.0233. The second-order valence-corrected chi connectivity index (χ2v) is 18.0. The van der Waals surface area contributed by atoms with E-state index in [1.165, 1.54) is 148 Å². The molecule has 3 atom stereocenters. The number of esters is 1. The molecular weight excluding hydrogens is 778 g/mol. The summed E-state index contributed by atoms with van der Waals surface area (Å²) in [4.78, 5) is 33.6. The van der Waals surface area contributed by atoms with E-state index < -0.39 is 45.1 Å². The number of carboxylic acids is 1. The summed E-state index contributed by atoms with van der Waals surface area (Å²) in [5.74, 6) is -1.78. The van der Waals surface area contributed by atoms with Crippen LogP contribution >= 0.6 is 7.82 Å². The molecule has 0 spiro atoms. The van der Waals surface area contributed by atoms with Crippen LogP contribution in [-0.4, -0.2) is 60.5 Å². The van der Waals surface area contributed by atoms with Gasteiger partial charge in [0.15, 0.2) is 0 Å². The fourth-order valence-electron chi connectivity index (χ4n) is 6.81. The molecule has 0 aliphatic heterocycles. The Morgan fingerprint density at radius 2 is 0.917 bits per heavy atom. The first-order valence-corrected chi connectivity index (χ1v) is 26.0. The van der Waals surface area contributed by atoms with Crippen molar-refractivity contribution in [2.75, 3.05) is 26.4 Å². The van der Waals surface area contributed by atoms with E-state index in [9.17, 15) is 19.0 Å². The standard InChI is InChI=1S/C49H92NO9P/c1-3-5-7-9-11-13-15-17-19-21-23-25-27-29-31-33-35-37-39-41-48(51)59-46(44-57-60(54,55)58-45-47(50)49(52)53)43-56-42-40-38-36-34-32-30-28-26-24-22-20-18-16-14-12-10-8-6-4-2/h14,16-17,19-20,22,46-47H,3-13,15,18,21,23-45,50H2,1-2H3,(H,52,53)(H,54,55)/b16-14-,19-17-,22-20-. The number of hydrogen-bond donors (Lipinski definition) is 3. The van der Waals surface area contributed by atoms with Gasteiger partial charge in [0.25, 0.3) is 0 Å². The molecule has 0 saturated heterocycles. The van der Waals surface area contributed by atoms with Gasteiger partial charge >= 0.3 is 19.8 Å². The molecule has 0 fully saturated rings. The van der Waals surface area contributed by atoms with Crippen molar-refractivity contribution >= 4 is 19.8 Å². The monoisotopic (exact) mass is 870 g/mol. The maximum atomic E-state index is 12.7. The van der Waals surface area contributed by atoms with Gasteiger partial charge < -0.3 is 25.2 Å². The first-order valence-electron chi connectivity index (χ1n) is 24.5. The van der Waals surface area contributed by atoms with Crippen LogP contribution in [0.25, 0.3) is 0 Å². The van der Waals surface area contributed by atoms with Crippen LogP contribution in [0.3, 0.4) is 0 Å². The highest BCUT2D eigenvalue weighted by atomic mass is 31.2. The number of carboxylic acid groups (broad SMARTS) is 1. The third-order valence-electron chi connectivity index (χ3n) is 10.6. The Morgan fingerprint density at radius 1 is 0.533 bits per heavy atom. The van der Waals surface area contributed by atoms with Crippen molar-refractivity contribution < 1.29 is 42.7 Å². The Morgan fingerprint density at radius 3 is 1.38 bits per heavy atom. The molecule has 0 aliphatic rings. The van der Waals surface area contributed by atoms with Crippen molar-refractivity contribution in [2.24, 2.45) is 5.73 Å². The van der Waals surface area contributed by atoms with Crippen LogP contribution in [0.4, 0.5) is 0 Å². The van der Waals surface area contributed by atoms with Crippen molar-refractivity contribution in [1.82, 2.24) is 0 Å². The predicted octanol–water partition coefficient (Wildman–Crippen LogP) is 14.0. The van der Waals surface area contributed by atoms with Gasteiger partial charge in [0, 0.05) is 13.0 Å². The van der Waals surface area contributed by atoms with E-state index in [0.717, 1.165) is 51.4 Å². The zero-order chi connectivity index (χ0) is 44.0. The molecule has 0 aromatic rings. The fourth-order valence-corrected chi connectivity index (χ4v) is 7.58. The van der Waals surface area contributed by atoms with Gasteiger partial charge in [0.2, 0.25) is 0 Å². The SMILES string of the molecule is CCCCCC/C=C\C/C=C\CCCCCCCCCCOCC(COP(=O)(O)OCC(N)C(=O)O)OC(=O)CCCCCCCCCCC/C=C\CCCCCCCC. The van der Waals surface area contributed by atoms with Gasteiger partial charge in [-0.1, -0.05) is 185 Å². The van der Waals surface area contributed by atoms with E-state index in [1.807, 2.05) is 0 Å². The minimum absolute atomic E-state index is 0.0135. The topological polar surface area (TPSA) is 155 Å². The number of carbonyl (C=O) groups is 2. The number of carbonyl (C=O) groups excluding carboxylic acids is 1. The number of phosphoric ester groups is 1. The second-order valence-electron chi connectivity index (χ2n) is 16.6. The average Bonchev–Trinajstić information content (AvgIpc) is 3.23. The van der Waals surface area contributed by atoms with Gasteiger partial charge in [-0.05, 0) is 70.6 Å². The summed E-state index contributed by atoms with van der Waals surface area (Å²) < 4.78 is 33.5. The van der Waals surface area contributed by atoms with Crippen molar-refractivity contribution in [3.8, 4) is 0 Å². The lowest BCUT2D eigenvalue weighted by Crippen LogP contribution is -2.34.